The summed E-state index contributed by atoms with van der Waals surface area (Å²) < 4.78 is 1.65. The van der Waals surface area contributed by atoms with Gasteiger partial charge < -0.3 is 10.2 Å². The molecule has 3 rings (SSSR count). The zero-order valence-electron chi connectivity index (χ0n) is 13.9. The van der Waals surface area contributed by atoms with Crippen LogP contribution in [0.3, 0.4) is 0 Å². The Kier molecular flexibility index (Phi) is 4.59. The Bertz CT molecular complexity index is 755. The van der Waals surface area contributed by atoms with Gasteiger partial charge in [-0.15, -0.1) is 5.10 Å². The maximum atomic E-state index is 12.7. The van der Waals surface area contributed by atoms with Crippen molar-refractivity contribution in [2.45, 2.75) is 32.9 Å². The lowest BCUT2D eigenvalue weighted by atomic mass is 10.1. The minimum Gasteiger partial charge on any atom is -0.353 e. The van der Waals surface area contributed by atoms with Crippen molar-refractivity contribution >= 4 is 11.8 Å². The number of benzene rings is 1. The third-order valence-electron chi connectivity index (χ3n) is 4.33. The summed E-state index contributed by atoms with van der Waals surface area (Å²) in [4.78, 5) is 26.2. The van der Waals surface area contributed by atoms with Crippen molar-refractivity contribution in [3.05, 3.63) is 47.3 Å². The van der Waals surface area contributed by atoms with Crippen molar-refractivity contribution in [2.24, 2.45) is 0 Å². The Morgan fingerprint density at radius 2 is 2.17 bits per heavy atom. The predicted molar refractivity (Wildman–Crippen MR) is 88.4 cm³/mol. The van der Waals surface area contributed by atoms with Gasteiger partial charge in [0, 0.05) is 13.1 Å². The average molecular weight is 327 g/mol. The number of carbonyl (C=O) groups is 2. The molecule has 1 atom stereocenters. The molecule has 126 valence electrons. The van der Waals surface area contributed by atoms with Crippen molar-refractivity contribution in [1.82, 2.24) is 25.2 Å². The number of piperazine rings is 1. The molecule has 2 aromatic rings. The summed E-state index contributed by atoms with van der Waals surface area (Å²) in [5.41, 5.74) is 2.57. The van der Waals surface area contributed by atoms with Gasteiger partial charge in [0.05, 0.1) is 12.7 Å². The van der Waals surface area contributed by atoms with Crippen molar-refractivity contribution < 1.29 is 9.59 Å². The van der Waals surface area contributed by atoms with Gasteiger partial charge in [0.2, 0.25) is 5.91 Å². The van der Waals surface area contributed by atoms with Crippen molar-refractivity contribution in [2.75, 3.05) is 13.1 Å². The number of rotatable bonds is 4. The topological polar surface area (TPSA) is 80.1 Å². The molecule has 7 nitrogen and oxygen atoms in total. The van der Waals surface area contributed by atoms with Crippen LogP contribution in [-0.4, -0.2) is 50.8 Å². The predicted octanol–water partition coefficient (Wildman–Crippen LogP) is 0.985. The fourth-order valence-corrected chi connectivity index (χ4v) is 2.95. The molecule has 1 saturated heterocycles. The van der Waals surface area contributed by atoms with E-state index < -0.39 is 6.04 Å². The Morgan fingerprint density at radius 1 is 1.38 bits per heavy atom. The van der Waals surface area contributed by atoms with Crippen LogP contribution in [0.5, 0.6) is 0 Å². The summed E-state index contributed by atoms with van der Waals surface area (Å²) >= 11 is 0. The third kappa shape index (κ3) is 3.15. The first kappa shape index (κ1) is 16.2. The van der Waals surface area contributed by atoms with Crippen LogP contribution in [0.15, 0.2) is 30.5 Å². The van der Waals surface area contributed by atoms with Gasteiger partial charge in [0.1, 0.15) is 6.04 Å². The van der Waals surface area contributed by atoms with Crippen molar-refractivity contribution in [3.8, 4) is 0 Å². The molecule has 2 heterocycles. The summed E-state index contributed by atoms with van der Waals surface area (Å²) in [7, 11) is 0. The summed E-state index contributed by atoms with van der Waals surface area (Å²) in [6.45, 7) is 5.46. The first-order valence-corrected chi connectivity index (χ1v) is 8.13. The van der Waals surface area contributed by atoms with Gasteiger partial charge in [-0.25, -0.2) is 4.68 Å². The lowest BCUT2D eigenvalue weighted by Crippen LogP contribution is -2.57. The molecule has 7 heteroatoms. The zero-order chi connectivity index (χ0) is 17.1. The Balaban J connectivity index is 1.76. The van der Waals surface area contributed by atoms with Gasteiger partial charge in [-0.2, -0.15) is 0 Å². The van der Waals surface area contributed by atoms with E-state index in [9.17, 15) is 9.59 Å². The Hall–Kier alpha value is -2.70. The second kappa shape index (κ2) is 6.82. The minimum absolute atomic E-state index is 0.107. The summed E-state index contributed by atoms with van der Waals surface area (Å²) in [5, 5.41) is 10.8. The number of aromatic nitrogens is 3. The SMILES string of the molecule is CC[C@H]1C(=O)NCCN1C(=O)c1cn(Cc2ccccc2C)nn1. The second-order valence-corrected chi connectivity index (χ2v) is 5.94. The van der Waals surface area contributed by atoms with Gasteiger partial charge >= 0.3 is 0 Å². The maximum Gasteiger partial charge on any atom is 0.276 e. The number of hydrogen-bond donors (Lipinski definition) is 1. The van der Waals surface area contributed by atoms with Crippen LogP contribution in [-0.2, 0) is 11.3 Å². The highest BCUT2D eigenvalue weighted by Gasteiger charge is 2.33. The van der Waals surface area contributed by atoms with Crippen molar-refractivity contribution in [1.29, 1.82) is 0 Å². The molecule has 24 heavy (non-hydrogen) atoms. The molecule has 1 N–H and O–H groups in total. The third-order valence-corrected chi connectivity index (χ3v) is 4.33. The zero-order valence-corrected chi connectivity index (χ0v) is 13.9. The largest absolute Gasteiger partial charge is 0.353 e. The van der Waals surface area contributed by atoms with E-state index in [0.29, 0.717) is 26.1 Å². The first-order chi connectivity index (χ1) is 11.6. The Labute approximate surface area is 140 Å². The average Bonchev–Trinajstić information content (AvgIpc) is 3.04. The molecule has 0 unspecified atom stereocenters. The molecule has 0 saturated carbocycles. The first-order valence-electron chi connectivity index (χ1n) is 8.13. The molecule has 0 bridgehead atoms. The van der Waals surface area contributed by atoms with Crippen LogP contribution < -0.4 is 5.32 Å². The van der Waals surface area contributed by atoms with E-state index in [-0.39, 0.29) is 17.5 Å². The summed E-state index contributed by atoms with van der Waals surface area (Å²) in [5.74, 6) is -0.350. The number of amides is 2. The molecule has 0 aliphatic carbocycles. The van der Waals surface area contributed by atoms with E-state index in [1.165, 1.54) is 5.56 Å². The molecular weight excluding hydrogens is 306 g/mol. The fraction of sp³-hybridized carbons (Fsp3) is 0.412. The quantitative estimate of drug-likeness (QED) is 0.908. The van der Waals surface area contributed by atoms with Gasteiger partial charge in [-0.1, -0.05) is 36.4 Å². The lowest BCUT2D eigenvalue weighted by Gasteiger charge is -2.33. The van der Waals surface area contributed by atoms with Gasteiger partial charge in [-0.05, 0) is 24.5 Å². The molecule has 2 amide bonds. The van der Waals surface area contributed by atoms with Crippen molar-refractivity contribution in [3.63, 3.8) is 0 Å². The van der Waals surface area contributed by atoms with E-state index in [1.54, 1.807) is 15.8 Å². The van der Waals surface area contributed by atoms with Gasteiger partial charge in [0.25, 0.3) is 5.91 Å². The molecule has 1 aromatic carbocycles. The highest BCUT2D eigenvalue weighted by atomic mass is 16.2. The molecule has 1 aliphatic rings. The number of hydrogen-bond acceptors (Lipinski definition) is 4. The van der Waals surface area contributed by atoms with E-state index in [1.807, 2.05) is 38.1 Å². The molecule has 1 aromatic heterocycles. The van der Waals surface area contributed by atoms with E-state index in [2.05, 4.69) is 15.6 Å². The van der Waals surface area contributed by atoms with Crippen LogP contribution in [0.25, 0.3) is 0 Å². The Morgan fingerprint density at radius 3 is 2.92 bits per heavy atom. The van der Waals surface area contributed by atoms with Gasteiger partial charge in [0.15, 0.2) is 5.69 Å². The number of nitrogens with zero attached hydrogens (tertiary/aromatic N) is 4. The highest BCUT2D eigenvalue weighted by molar-refractivity contribution is 5.96. The van der Waals surface area contributed by atoms with Crippen LogP contribution >= 0.6 is 0 Å². The highest BCUT2D eigenvalue weighted by Crippen LogP contribution is 2.13. The van der Waals surface area contributed by atoms with Crippen LogP contribution in [0, 0.1) is 6.92 Å². The van der Waals surface area contributed by atoms with E-state index in [0.717, 1.165) is 5.56 Å². The monoisotopic (exact) mass is 327 g/mol. The van der Waals surface area contributed by atoms with Crippen LogP contribution in [0.1, 0.15) is 35.0 Å². The fourth-order valence-electron chi connectivity index (χ4n) is 2.95. The lowest BCUT2D eigenvalue weighted by molar-refractivity contribution is -0.127. The molecule has 0 radical (unpaired) electrons. The maximum absolute atomic E-state index is 12.7. The minimum atomic E-state index is -0.437. The number of nitrogens with one attached hydrogen (secondary N) is 1. The normalized spacial score (nSPS) is 17.7. The van der Waals surface area contributed by atoms with Gasteiger partial charge in [-0.3, -0.25) is 9.59 Å². The number of carbonyl (C=O) groups excluding carboxylic acids is 2. The second-order valence-electron chi connectivity index (χ2n) is 5.94. The molecule has 1 fully saturated rings. The molecule has 0 spiro atoms. The molecular formula is C17H21N5O2. The van der Waals surface area contributed by atoms with E-state index in [4.69, 9.17) is 0 Å². The van der Waals surface area contributed by atoms with Crippen LogP contribution in [0.4, 0.5) is 0 Å². The molecule has 1 aliphatic heterocycles. The standard InChI is InChI=1S/C17H21N5O2/c1-3-15-16(23)18-8-9-22(15)17(24)14-11-21(20-19-14)10-13-7-5-4-6-12(13)2/h4-7,11,15H,3,8-10H2,1-2H3,(H,18,23)/t15-/m0/s1. The van der Waals surface area contributed by atoms with E-state index >= 15 is 0 Å². The smallest absolute Gasteiger partial charge is 0.276 e. The summed E-state index contributed by atoms with van der Waals surface area (Å²) in [6.07, 6.45) is 2.23. The number of aryl methyl sites for hydroxylation is 1. The van der Waals surface area contributed by atoms with Crippen LogP contribution in [0.2, 0.25) is 0 Å². The summed E-state index contributed by atoms with van der Waals surface area (Å²) in [6, 6.07) is 7.59.